The molecule has 0 aliphatic heterocycles. The first-order valence-electron chi connectivity index (χ1n) is 27.1. The van der Waals surface area contributed by atoms with Crippen LogP contribution in [0.3, 0.4) is 0 Å². The van der Waals surface area contributed by atoms with Crippen LogP contribution in [0.4, 0.5) is 0 Å². The fraction of sp³-hybridized carbons (Fsp3) is 0.0133. The predicted octanol–water partition coefficient (Wildman–Crippen LogP) is 18.9. The van der Waals surface area contributed by atoms with Crippen molar-refractivity contribution in [2.24, 2.45) is 0 Å². The highest BCUT2D eigenvalue weighted by Crippen LogP contribution is 2.57. The molecule has 0 amide bonds. The highest BCUT2D eigenvalue weighted by Gasteiger charge is 2.46. The Hall–Kier alpha value is -10.4. The summed E-state index contributed by atoms with van der Waals surface area (Å²) in [6, 6.07) is 106. The average molecular weight is 1010 g/mol. The second-order valence-electron chi connectivity index (χ2n) is 20.8. The lowest BCUT2D eigenvalue weighted by atomic mass is 9.67. The van der Waals surface area contributed by atoms with Crippen molar-refractivity contribution < 1.29 is 0 Å². The van der Waals surface area contributed by atoms with Crippen molar-refractivity contribution in [3.63, 3.8) is 0 Å². The standard InChI is InChI=1S/C75H48N4/c1-4-22-49(23-5-1)74-76-68(50-40-41-60-59-30-12-17-35-66(59)75(67(60)46-50,52-24-6-2-7-25-52)53-26-8-3-9-27-53)48-69(77-74)61-43-42-56(57-28-10-11-29-58(57)61)51-44-54(78-70-36-18-13-31-62(70)63-32-14-19-37-71(63)78)47-55(45-51)79-72-38-20-15-33-64(72)65-34-16-21-39-73(65)79/h1-48H. The van der Waals surface area contributed by atoms with E-state index >= 15 is 0 Å². The van der Waals surface area contributed by atoms with E-state index in [-0.39, 0.29) is 0 Å². The van der Waals surface area contributed by atoms with Gasteiger partial charge < -0.3 is 9.13 Å². The van der Waals surface area contributed by atoms with Gasteiger partial charge in [-0.05, 0) is 110 Å². The quantitative estimate of drug-likeness (QED) is 0.152. The summed E-state index contributed by atoms with van der Waals surface area (Å²) < 4.78 is 4.88. The van der Waals surface area contributed by atoms with Crippen molar-refractivity contribution in [3.05, 3.63) is 313 Å². The second-order valence-corrected chi connectivity index (χ2v) is 20.8. The van der Waals surface area contributed by atoms with Crippen LogP contribution in [0.5, 0.6) is 0 Å². The zero-order valence-electron chi connectivity index (χ0n) is 43.0. The van der Waals surface area contributed by atoms with Crippen LogP contribution in [-0.2, 0) is 5.41 Å². The molecular formula is C75H48N4. The third-order valence-corrected chi connectivity index (χ3v) is 16.6. The molecule has 368 valence electrons. The van der Waals surface area contributed by atoms with Gasteiger partial charge in [0.15, 0.2) is 5.82 Å². The molecule has 0 radical (unpaired) electrons. The Balaban J connectivity index is 0.914. The third kappa shape index (κ3) is 6.88. The van der Waals surface area contributed by atoms with Crippen molar-refractivity contribution in [2.75, 3.05) is 0 Å². The first-order chi connectivity index (χ1) is 39.2. The Bertz CT molecular complexity index is 4620. The Morgan fingerprint density at radius 1 is 0.253 bits per heavy atom. The minimum Gasteiger partial charge on any atom is -0.309 e. The first-order valence-corrected chi connectivity index (χ1v) is 27.1. The normalized spacial score (nSPS) is 12.7. The van der Waals surface area contributed by atoms with Gasteiger partial charge in [-0.15, -0.1) is 0 Å². The van der Waals surface area contributed by atoms with Crippen molar-refractivity contribution >= 4 is 54.4 Å². The molecule has 15 aromatic rings. The highest BCUT2D eigenvalue weighted by atomic mass is 15.0. The topological polar surface area (TPSA) is 35.6 Å². The highest BCUT2D eigenvalue weighted by molar-refractivity contribution is 6.11. The summed E-state index contributed by atoms with van der Waals surface area (Å²) in [7, 11) is 0. The summed E-state index contributed by atoms with van der Waals surface area (Å²) in [5, 5.41) is 7.17. The molecule has 16 rings (SSSR count). The Kier molecular flexibility index (Phi) is 10.1. The van der Waals surface area contributed by atoms with Crippen LogP contribution in [0, 0.1) is 0 Å². The molecule has 4 heteroatoms. The van der Waals surface area contributed by atoms with Crippen LogP contribution in [0.25, 0.3) is 122 Å². The minimum absolute atomic E-state index is 0.547. The fourth-order valence-corrected chi connectivity index (χ4v) is 13.2. The molecule has 1 aliphatic rings. The van der Waals surface area contributed by atoms with Crippen LogP contribution in [0.15, 0.2) is 291 Å². The third-order valence-electron chi connectivity index (χ3n) is 16.6. The number of hydrogen-bond donors (Lipinski definition) is 0. The molecule has 3 heterocycles. The summed E-state index contributed by atoms with van der Waals surface area (Å²) in [5.41, 5.74) is 20.8. The monoisotopic (exact) mass is 1000 g/mol. The number of para-hydroxylation sites is 4. The van der Waals surface area contributed by atoms with Crippen LogP contribution in [-0.4, -0.2) is 19.1 Å². The van der Waals surface area contributed by atoms with Gasteiger partial charge in [-0.3, -0.25) is 0 Å². The van der Waals surface area contributed by atoms with E-state index in [9.17, 15) is 0 Å². The molecule has 0 fully saturated rings. The summed E-state index contributed by atoms with van der Waals surface area (Å²) >= 11 is 0. The molecule has 1 aliphatic carbocycles. The maximum Gasteiger partial charge on any atom is 0.160 e. The molecule has 12 aromatic carbocycles. The van der Waals surface area contributed by atoms with Crippen molar-refractivity contribution in [1.29, 1.82) is 0 Å². The molecule has 0 saturated heterocycles. The second kappa shape index (κ2) is 17.8. The Morgan fingerprint density at radius 2 is 0.671 bits per heavy atom. The average Bonchev–Trinajstić information content (AvgIpc) is 3.68. The van der Waals surface area contributed by atoms with Crippen LogP contribution in [0.2, 0.25) is 0 Å². The SMILES string of the molecule is c1ccc(-c2nc(-c3ccc4c(c3)C(c3ccccc3)(c3ccccc3)c3ccccc3-4)cc(-c3ccc(-c4cc(-n5c6ccccc6c6ccccc65)cc(-n5c6ccccc6c6ccccc65)c4)c4ccccc34)n2)cc1. The van der Waals surface area contributed by atoms with E-state index < -0.39 is 5.41 Å². The van der Waals surface area contributed by atoms with Crippen molar-refractivity contribution in [2.45, 2.75) is 5.41 Å². The van der Waals surface area contributed by atoms with E-state index in [4.69, 9.17) is 9.97 Å². The lowest BCUT2D eigenvalue weighted by Gasteiger charge is -2.34. The lowest BCUT2D eigenvalue weighted by molar-refractivity contribution is 0.768. The molecular weight excluding hydrogens is 957 g/mol. The summed E-state index contributed by atoms with van der Waals surface area (Å²) in [6.07, 6.45) is 0. The van der Waals surface area contributed by atoms with Crippen LogP contribution < -0.4 is 0 Å². The maximum atomic E-state index is 5.47. The summed E-state index contributed by atoms with van der Waals surface area (Å²) in [5.74, 6) is 0.678. The Labute approximate surface area is 457 Å². The lowest BCUT2D eigenvalue weighted by Crippen LogP contribution is -2.28. The molecule has 0 saturated carbocycles. The minimum atomic E-state index is -0.547. The first kappa shape index (κ1) is 44.8. The fourth-order valence-electron chi connectivity index (χ4n) is 13.2. The van der Waals surface area contributed by atoms with Gasteiger partial charge in [-0.1, -0.05) is 237 Å². The van der Waals surface area contributed by atoms with Gasteiger partial charge in [0, 0.05) is 49.6 Å². The van der Waals surface area contributed by atoms with Crippen molar-refractivity contribution in [1.82, 2.24) is 19.1 Å². The van der Waals surface area contributed by atoms with Gasteiger partial charge in [-0.2, -0.15) is 0 Å². The maximum absolute atomic E-state index is 5.47. The van der Waals surface area contributed by atoms with E-state index in [1.54, 1.807) is 0 Å². The summed E-state index contributed by atoms with van der Waals surface area (Å²) in [4.78, 5) is 10.9. The van der Waals surface area contributed by atoms with Crippen LogP contribution in [0.1, 0.15) is 22.3 Å². The number of nitrogens with zero attached hydrogens (tertiary/aromatic N) is 4. The molecule has 3 aromatic heterocycles. The van der Waals surface area contributed by atoms with Crippen LogP contribution >= 0.6 is 0 Å². The van der Waals surface area contributed by atoms with Gasteiger partial charge in [0.2, 0.25) is 0 Å². The summed E-state index contributed by atoms with van der Waals surface area (Å²) in [6.45, 7) is 0. The molecule has 0 N–H and O–H groups in total. The van der Waals surface area contributed by atoms with E-state index in [2.05, 4.69) is 294 Å². The molecule has 0 atom stereocenters. The largest absolute Gasteiger partial charge is 0.309 e. The zero-order chi connectivity index (χ0) is 52.0. The Morgan fingerprint density at radius 3 is 1.23 bits per heavy atom. The van der Waals surface area contributed by atoms with Gasteiger partial charge in [-0.25, -0.2) is 9.97 Å². The number of hydrogen-bond acceptors (Lipinski definition) is 2. The number of fused-ring (bicyclic) bond motifs is 10. The van der Waals surface area contributed by atoms with E-state index in [0.29, 0.717) is 5.82 Å². The van der Waals surface area contributed by atoms with Gasteiger partial charge in [0.25, 0.3) is 0 Å². The predicted molar refractivity (Wildman–Crippen MR) is 327 cm³/mol. The molecule has 0 bridgehead atoms. The van der Waals surface area contributed by atoms with Gasteiger partial charge >= 0.3 is 0 Å². The molecule has 0 spiro atoms. The van der Waals surface area contributed by atoms with Crippen molar-refractivity contribution in [3.8, 4) is 67.5 Å². The van der Waals surface area contributed by atoms with Gasteiger partial charge in [0.1, 0.15) is 0 Å². The molecule has 79 heavy (non-hydrogen) atoms. The van der Waals surface area contributed by atoms with E-state index in [1.807, 2.05) is 6.07 Å². The van der Waals surface area contributed by atoms with E-state index in [1.165, 1.54) is 77.0 Å². The molecule has 0 unspecified atom stereocenters. The van der Waals surface area contributed by atoms with E-state index in [0.717, 1.165) is 61.4 Å². The number of aromatic nitrogens is 4. The smallest absolute Gasteiger partial charge is 0.160 e. The number of rotatable bonds is 8. The van der Waals surface area contributed by atoms with Gasteiger partial charge in [0.05, 0.1) is 38.9 Å². The zero-order valence-corrected chi connectivity index (χ0v) is 43.0. The number of benzene rings is 12. The molecule has 4 nitrogen and oxygen atoms in total.